The van der Waals surface area contributed by atoms with E-state index in [0.29, 0.717) is 5.56 Å². The molecule has 4 nitrogen and oxygen atoms in total. The third-order valence-electron chi connectivity index (χ3n) is 3.69. The van der Waals surface area contributed by atoms with Gasteiger partial charge >= 0.3 is 6.18 Å². The molecule has 2 rings (SSSR count). The van der Waals surface area contributed by atoms with Crippen molar-refractivity contribution in [2.45, 2.75) is 38.1 Å². The average Bonchev–Trinajstić information content (AvgIpc) is 2.81. The summed E-state index contributed by atoms with van der Waals surface area (Å²) in [5, 5.41) is 18.5. The first-order valence-electron chi connectivity index (χ1n) is 6.44. The van der Waals surface area contributed by atoms with Crippen molar-refractivity contribution in [3.8, 4) is 6.07 Å². The van der Waals surface area contributed by atoms with Gasteiger partial charge in [0.1, 0.15) is 6.07 Å². The summed E-state index contributed by atoms with van der Waals surface area (Å²) in [4.78, 5) is 12.9. The van der Waals surface area contributed by atoms with Crippen LogP contribution < -0.4 is 4.90 Å². The number of carbonyl (C=O) groups is 1. The Labute approximate surface area is 129 Å². The highest BCUT2D eigenvalue weighted by atomic mass is 35.5. The monoisotopic (exact) mass is 332 g/mol. The lowest BCUT2D eigenvalue weighted by atomic mass is 10.0. The number of hydrogen-bond acceptors (Lipinski definition) is 3. The van der Waals surface area contributed by atoms with Crippen molar-refractivity contribution in [3.05, 3.63) is 28.3 Å². The lowest BCUT2D eigenvalue weighted by molar-refractivity contribution is -0.209. The summed E-state index contributed by atoms with van der Waals surface area (Å²) in [5.41, 5.74) is 0.678. The molecule has 0 radical (unpaired) electrons. The van der Waals surface area contributed by atoms with E-state index in [0.717, 1.165) is 4.90 Å². The normalized spacial score (nSPS) is 20.1. The van der Waals surface area contributed by atoms with Gasteiger partial charge in [-0.3, -0.25) is 4.79 Å². The molecule has 1 N–H and O–H groups in total. The number of aliphatic hydroxyl groups is 1. The largest absolute Gasteiger partial charge is 0.416 e. The van der Waals surface area contributed by atoms with Crippen molar-refractivity contribution in [1.82, 2.24) is 0 Å². The Morgan fingerprint density at radius 3 is 2.68 bits per heavy atom. The number of benzene rings is 1. The molecule has 1 saturated heterocycles. The number of hydrogen-bond donors (Lipinski definition) is 1. The number of aliphatic hydroxyl groups excluding tert-OH is 1. The minimum atomic E-state index is -4.82. The molecule has 118 valence electrons. The lowest BCUT2D eigenvalue weighted by Crippen LogP contribution is -2.48. The number of rotatable bonds is 2. The number of alkyl halides is 3. The van der Waals surface area contributed by atoms with E-state index in [1.165, 1.54) is 19.1 Å². The van der Waals surface area contributed by atoms with E-state index in [1.54, 1.807) is 0 Å². The molecule has 1 aliphatic rings. The molecule has 0 saturated carbocycles. The molecule has 0 unspecified atom stereocenters. The lowest BCUT2D eigenvalue weighted by Gasteiger charge is -2.31. The summed E-state index contributed by atoms with van der Waals surface area (Å²) in [7, 11) is 0. The molecule has 1 aliphatic heterocycles. The van der Waals surface area contributed by atoms with Gasteiger partial charge < -0.3 is 10.0 Å². The van der Waals surface area contributed by atoms with E-state index in [2.05, 4.69) is 0 Å². The predicted molar refractivity (Wildman–Crippen MR) is 73.5 cm³/mol. The molecular formula is C14H12ClF3N2O2. The molecule has 0 aliphatic carbocycles. The fourth-order valence-corrected chi connectivity index (χ4v) is 2.76. The summed E-state index contributed by atoms with van der Waals surface area (Å²) in [6.45, 7) is 1.52. The molecule has 8 heteroatoms. The SMILES string of the molecule is Cc1c(N2C(=O)CC[C@@H]2[C@H](O)C(F)(F)F)ccc(C#N)c1Cl. The molecule has 22 heavy (non-hydrogen) atoms. The van der Waals surface area contributed by atoms with E-state index in [9.17, 15) is 23.1 Å². The zero-order chi connectivity index (χ0) is 16.7. The first-order valence-corrected chi connectivity index (χ1v) is 6.82. The van der Waals surface area contributed by atoms with Crippen LogP contribution in [0.2, 0.25) is 5.02 Å². The Kier molecular flexibility index (Phi) is 4.36. The number of carbonyl (C=O) groups excluding carboxylic acids is 1. The molecule has 1 fully saturated rings. The summed E-state index contributed by atoms with van der Waals surface area (Å²) in [6, 6.07) is 3.18. The van der Waals surface area contributed by atoms with Crippen LogP contribution in [0, 0.1) is 18.3 Å². The summed E-state index contributed by atoms with van der Waals surface area (Å²) in [5.74, 6) is -0.517. The highest BCUT2D eigenvalue weighted by Gasteiger charge is 2.49. The smallest absolute Gasteiger partial charge is 0.382 e. The van der Waals surface area contributed by atoms with Crippen LogP contribution in [-0.2, 0) is 4.79 Å². The van der Waals surface area contributed by atoms with Crippen LogP contribution >= 0.6 is 11.6 Å². The molecule has 0 bridgehead atoms. The maximum atomic E-state index is 12.8. The predicted octanol–water partition coefficient (Wildman–Crippen LogP) is 2.94. The maximum Gasteiger partial charge on any atom is 0.416 e. The van der Waals surface area contributed by atoms with E-state index < -0.39 is 24.2 Å². The van der Waals surface area contributed by atoms with Crippen molar-refractivity contribution in [1.29, 1.82) is 5.26 Å². The quantitative estimate of drug-likeness (QED) is 0.905. The molecule has 0 spiro atoms. The van der Waals surface area contributed by atoms with Crippen LogP contribution in [0.15, 0.2) is 12.1 Å². The molecular weight excluding hydrogens is 321 g/mol. The van der Waals surface area contributed by atoms with Crippen LogP contribution in [0.25, 0.3) is 0 Å². The summed E-state index contributed by atoms with van der Waals surface area (Å²) in [6.07, 6.45) is -7.64. The summed E-state index contributed by atoms with van der Waals surface area (Å²) >= 11 is 6.00. The molecule has 0 aromatic heterocycles. The molecule has 1 aromatic rings. The minimum Gasteiger partial charge on any atom is -0.382 e. The van der Waals surface area contributed by atoms with Crippen LogP contribution in [0.4, 0.5) is 18.9 Å². The Hall–Kier alpha value is -1.78. The van der Waals surface area contributed by atoms with Gasteiger partial charge in [-0.2, -0.15) is 18.4 Å². The maximum absolute atomic E-state index is 12.8. The Morgan fingerprint density at radius 2 is 2.14 bits per heavy atom. The van der Waals surface area contributed by atoms with Gasteiger partial charge in [0, 0.05) is 12.1 Å². The van der Waals surface area contributed by atoms with Crippen LogP contribution in [0.1, 0.15) is 24.0 Å². The van der Waals surface area contributed by atoms with Gasteiger partial charge in [-0.15, -0.1) is 0 Å². The van der Waals surface area contributed by atoms with Crippen molar-refractivity contribution < 1.29 is 23.1 Å². The van der Waals surface area contributed by atoms with Gasteiger partial charge in [0.2, 0.25) is 5.91 Å². The fourth-order valence-electron chi connectivity index (χ4n) is 2.56. The van der Waals surface area contributed by atoms with E-state index in [-0.39, 0.29) is 29.1 Å². The van der Waals surface area contributed by atoms with Crippen molar-refractivity contribution in [3.63, 3.8) is 0 Å². The van der Waals surface area contributed by atoms with E-state index >= 15 is 0 Å². The van der Waals surface area contributed by atoms with Gasteiger partial charge in [-0.05, 0) is 31.0 Å². The topological polar surface area (TPSA) is 64.3 Å². The zero-order valence-electron chi connectivity index (χ0n) is 11.5. The summed E-state index contributed by atoms with van der Waals surface area (Å²) < 4.78 is 38.3. The number of amides is 1. The second kappa shape index (κ2) is 5.78. The highest BCUT2D eigenvalue weighted by Crippen LogP contribution is 2.38. The van der Waals surface area contributed by atoms with E-state index in [4.69, 9.17) is 16.9 Å². The zero-order valence-corrected chi connectivity index (χ0v) is 12.2. The number of nitrogens with zero attached hydrogens (tertiary/aromatic N) is 2. The second-order valence-corrected chi connectivity index (χ2v) is 5.42. The van der Waals surface area contributed by atoms with Crippen LogP contribution in [0.5, 0.6) is 0 Å². The fraction of sp³-hybridized carbons (Fsp3) is 0.429. The average molecular weight is 333 g/mol. The molecule has 1 aromatic carbocycles. The third-order valence-corrected chi connectivity index (χ3v) is 4.18. The highest BCUT2D eigenvalue weighted by molar-refractivity contribution is 6.33. The number of halogens is 4. The third kappa shape index (κ3) is 2.76. The first-order chi connectivity index (χ1) is 10.2. The standard InChI is InChI=1S/C14H12ClF3N2O2/c1-7-9(3-2-8(6-19)12(7)15)20-10(4-5-11(20)21)13(22)14(16,17)18/h2-3,10,13,22H,4-5H2,1H3/t10-,13+/m1/s1. The minimum absolute atomic E-state index is 0.0833. The van der Waals surface area contributed by atoms with Crippen molar-refractivity contribution >= 4 is 23.2 Å². The van der Waals surface area contributed by atoms with Crippen LogP contribution in [0.3, 0.4) is 0 Å². The van der Waals surface area contributed by atoms with Gasteiger partial charge in [0.05, 0.1) is 16.6 Å². The van der Waals surface area contributed by atoms with Gasteiger partial charge in [0.15, 0.2) is 6.10 Å². The van der Waals surface area contributed by atoms with Gasteiger partial charge in [0.25, 0.3) is 0 Å². The molecule has 1 amide bonds. The number of nitriles is 1. The Bertz CT molecular complexity index is 655. The van der Waals surface area contributed by atoms with Gasteiger partial charge in [-0.1, -0.05) is 11.6 Å². The Balaban J connectivity index is 2.48. The van der Waals surface area contributed by atoms with E-state index in [1.807, 2.05) is 6.07 Å². The number of anilines is 1. The molecule has 2 atom stereocenters. The van der Waals surface area contributed by atoms with Crippen molar-refractivity contribution in [2.75, 3.05) is 4.90 Å². The van der Waals surface area contributed by atoms with Crippen LogP contribution in [-0.4, -0.2) is 29.3 Å². The first kappa shape index (κ1) is 16.6. The van der Waals surface area contributed by atoms with Gasteiger partial charge in [-0.25, -0.2) is 0 Å². The van der Waals surface area contributed by atoms with Crippen molar-refractivity contribution in [2.24, 2.45) is 0 Å². The Morgan fingerprint density at radius 1 is 1.50 bits per heavy atom. The second-order valence-electron chi connectivity index (χ2n) is 5.04. The molecule has 1 heterocycles.